The Morgan fingerprint density at radius 1 is 1.48 bits per heavy atom. The Morgan fingerprint density at radius 2 is 2.24 bits per heavy atom. The Bertz CT molecular complexity index is 740. The molecule has 2 rings (SSSR count). The van der Waals surface area contributed by atoms with Crippen molar-refractivity contribution in [3.05, 3.63) is 46.1 Å². The van der Waals surface area contributed by atoms with E-state index in [0.29, 0.717) is 11.3 Å². The summed E-state index contributed by atoms with van der Waals surface area (Å²) in [6.45, 7) is 0. The topological polar surface area (TPSA) is 101 Å². The van der Waals surface area contributed by atoms with Crippen LogP contribution in [0, 0.1) is 11.3 Å². The van der Waals surface area contributed by atoms with E-state index in [4.69, 9.17) is 11.0 Å². The van der Waals surface area contributed by atoms with Crippen LogP contribution in [-0.2, 0) is 4.74 Å². The van der Waals surface area contributed by atoms with Crippen molar-refractivity contribution in [2.75, 3.05) is 18.2 Å². The zero-order valence-corrected chi connectivity index (χ0v) is 12.6. The minimum atomic E-state index is -0.547. The molecule has 2 aromatic rings. The van der Waals surface area contributed by atoms with Crippen molar-refractivity contribution >= 4 is 39.1 Å². The molecule has 1 aromatic carbocycles. The highest BCUT2D eigenvalue weighted by molar-refractivity contribution is 9.10. The van der Waals surface area contributed by atoms with Gasteiger partial charge < -0.3 is 15.8 Å². The number of nitrogen functional groups attached to an aromatic ring is 1. The maximum Gasteiger partial charge on any atom is 0.340 e. The Hall–Kier alpha value is -2.59. The molecule has 0 atom stereocenters. The van der Waals surface area contributed by atoms with Gasteiger partial charge in [-0.2, -0.15) is 5.26 Å². The number of rotatable bonds is 3. The van der Waals surface area contributed by atoms with Gasteiger partial charge in [-0.25, -0.2) is 9.78 Å². The number of halogens is 1. The lowest BCUT2D eigenvalue weighted by Gasteiger charge is -2.12. The van der Waals surface area contributed by atoms with Crippen LogP contribution in [0.2, 0.25) is 0 Å². The summed E-state index contributed by atoms with van der Waals surface area (Å²) >= 11 is 3.30. The molecule has 0 fully saturated rings. The van der Waals surface area contributed by atoms with E-state index in [0.717, 1.165) is 4.47 Å². The minimum absolute atomic E-state index is 0.163. The van der Waals surface area contributed by atoms with E-state index in [1.165, 1.54) is 19.4 Å². The summed E-state index contributed by atoms with van der Waals surface area (Å²) in [5.74, 6) is -0.258. The number of carbonyl (C=O) groups excluding carboxylic acids is 1. The summed E-state index contributed by atoms with van der Waals surface area (Å²) in [7, 11) is 1.28. The SMILES string of the molecule is COC(=O)c1ccnc(Nc2ccc(Br)cc2C#N)c1N. The molecular weight excluding hydrogens is 336 g/mol. The smallest absolute Gasteiger partial charge is 0.340 e. The number of carbonyl (C=O) groups is 1. The number of hydrogen-bond acceptors (Lipinski definition) is 6. The third-order valence-electron chi connectivity index (χ3n) is 2.75. The van der Waals surface area contributed by atoms with Crippen LogP contribution in [0.3, 0.4) is 0 Å². The highest BCUT2D eigenvalue weighted by Gasteiger charge is 2.14. The highest BCUT2D eigenvalue weighted by Crippen LogP contribution is 2.27. The van der Waals surface area contributed by atoms with Crippen LogP contribution in [0.1, 0.15) is 15.9 Å². The molecule has 0 unspecified atom stereocenters. The number of nitrogens with two attached hydrogens (primary N) is 1. The van der Waals surface area contributed by atoms with Crippen LogP contribution in [0.4, 0.5) is 17.2 Å². The fourth-order valence-corrected chi connectivity index (χ4v) is 2.07. The molecule has 106 valence electrons. The van der Waals surface area contributed by atoms with Crippen LogP contribution in [-0.4, -0.2) is 18.1 Å². The number of anilines is 3. The molecular formula is C14H11BrN4O2. The molecule has 0 spiro atoms. The first-order chi connectivity index (χ1) is 10.1. The number of esters is 1. The summed E-state index contributed by atoms with van der Waals surface area (Å²) in [5.41, 5.74) is 7.26. The van der Waals surface area contributed by atoms with Gasteiger partial charge in [0.1, 0.15) is 6.07 Å². The Morgan fingerprint density at radius 3 is 2.90 bits per heavy atom. The summed E-state index contributed by atoms with van der Waals surface area (Å²) < 4.78 is 5.44. The number of nitrogens with zero attached hydrogens (tertiary/aromatic N) is 2. The first-order valence-corrected chi connectivity index (χ1v) is 6.65. The summed E-state index contributed by atoms with van der Waals surface area (Å²) in [6, 6.07) is 8.71. The molecule has 0 amide bonds. The molecule has 0 radical (unpaired) electrons. The van der Waals surface area contributed by atoms with Crippen molar-refractivity contribution in [1.82, 2.24) is 4.98 Å². The van der Waals surface area contributed by atoms with Crippen LogP contribution in [0.5, 0.6) is 0 Å². The van der Waals surface area contributed by atoms with Crippen LogP contribution < -0.4 is 11.1 Å². The Kier molecular flexibility index (Phi) is 4.40. The van der Waals surface area contributed by atoms with E-state index in [1.54, 1.807) is 18.2 Å². The summed E-state index contributed by atoms with van der Waals surface area (Å²) in [6.07, 6.45) is 1.44. The molecule has 21 heavy (non-hydrogen) atoms. The molecule has 0 bridgehead atoms. The summed E-state index contributed by atoms with van der Waals surface area (Å²) in [4.78, 5) is 15.7. The van der Waals surface area contributed by atoms with E-state index in [-0.39, 0.29) is 17.1 Å². The predicted molar refractivity (Wildman–Crippen MR) is 82.1 cm³/mol. The van der Waals surface area contributed by atoms with E-state index >= 15 is 0 Å². The number of hydrogen-bond donors (Lipinski definition) is 2. The molecule has 0 aliphatic heterocycles. The van der Waals surface area contributed by atoms with Gasteiger partial charge in [0.25, 0.3) is 0 Å². The quantitative estimate of drug-likeness (QED) is 0.828. The Balaban J connectivity index is 2.41. The second kappa shape index (κ2) is 6.24. The molecule has 7 heteroatoms. The number of nitrogens with one attached hydrogen (secondary N) is 1. The maximum absolute atomic E-state index is 11.6. The Labute approximate surface area is 129 Å². The van der Waals surface area contributed by atoms with Crippen molar-refractivity contribution < 1.29 is 9.53 Å². The van der Waals surface area contributed by atoms with Crippen molar-refractivity contribution in [2.24, 2.45) is 0 Å². The first-order valence-electron chi connectivity index (χ1n) is 5.86. The zero-order chi connectivity index (χ0) is 15.4. The van der Waals surface area contributed by atoms with E-state index in [1.807, 2.05) is 0 Å². The van der Waals surface area contributed by atoms with Gasteiger partial charge in [0, 0.05) is 10.7 Å². The van der Waals surface area contributed by atoms with Crippen LogP contribution in [0.15, 0.2) is 34.9 Å². The van der Waals surface area contributed by atoms with E-state index in [2.05, 4.69) is 37.0 Å². The van der Waals surface area contributed by atoms with Gasteiger partial charge in [-0.3, -0.25) is 0 Å². The minimum Gasteiger partial charge on any atom is -0.465 e. The van der Waals surface area contributed by atoms with Gasteiger partial charge in [0.15, 0.2) is 5.82 Å². The van der Waals surface area contributed by atoms with Crippen LogP contribution in [0.25, 0.3) is 0 Å². The number of aromatic nitrogens is 1. The van der Waals surface area contributed by atoms with Gasteiger partial charge in [-0.05, 0) is 24.3 Å². The number of methoxy groups -OCH3 is 1. The van der Waals surface area contributed by atoms with Gasteiger partial charge in [0.2, 0.25) is 0 Å². The first kappa shape index (κ1) is 14.8. The highest BCUT2D eigenvalue weighted by atomic mass is 79.9. The number of benzene rings is 1. The average molecular weight is 347 g/mol. The van der Waals surface area contributed by atoms with Gasteiger partial charge in [-0.15, -0.1) is 0 Å². The third kappa shape index (κ3) is 3.12. The number of ether oxygens (including phenoxy) is 1. The number of pyridine rings is 1. The fraction of sp³-hybridized carbons (Fsp3) is 0.0714. The van der Waals surface area contributed by atoms with E-state index in [9.17, 15) is 4.79 Å². The van der Waals surface area contributed by atoms with Gasteiger partial charge in [0.05, 0.1) is 29.6 Å². The van der Waals surface area contributed by atoms with Gasteiger partial charge >= 0.3 is 5.97 Å². The average Bonchev–Trinajstić information content (AvgIpc) is 2.50. The largest absolute Gasteiger partial charge is 0.465 e. The standard InChI is InChI=1S/C14H11BrN4O2/c1-21-14(20)10-4-5-18-13(12(10)17)19-11-3-2-9(15)6-8(11)7-16/h2-6H,17H2,1H3,(H,18,19). The predicted octanol–water partition coefficient (Wildman–Crippen LogP) is 2.83. The number of nitriles is 1. The maximum atomic E-state index is 11.6. The molecule has 1 heterocycles. The van der Waals surface area contributed by atoms with Gasteiger partial charge in [-0.1, -0.05) is 15.9 Å². The normalized spacial score (nSPS) is 9.76. The second-order valence-electron chi connectivity index (χ2n) is 4.04. The van der Waals surface area contributed by atoms with Crippen LogP contribution >= 0.6 is 15.9 Å². The fourth-order valence-electron chi connectivity index (χ4n) is 1.71. The van der Waals surface area contributed by atoms with Crippen molar-refractivity contribution in [2.45, 2.75) is 0 Å². The molecule has 3 N–H and O–H groups in total. The summed E-state index contributed by atoms with van der Waals surface area (Å²) in [5, 5.41) is 12.1. The van der Waals surface area contributed by atoms with Crippen molar-refractivity contribution in [3.8, 4) is 6.07 Å². The molecule has 0 saturated heterocycles. The van der Waals surface area contributed by atoms with Crippen molar-refractivity contribution in [1.29, 1.82) is 5.26 Å². The molecule has 0 aliphatic rings. The molecule has 6 nitrogen and oxygen atoms in total. The molecule has 0 saturated carbocycles. The third-order valence-corrected chi connectivity index (χ3v) is 3.24. The van der Waals surface area contributed by atoms with E-state index < -0.39 is 5.97 Å². The lowest BCUT2D eigenvalue weighted by atomic mass is 10.2. The zero-order valence-electron chi connectivity index (χ0n) is 11.1. The molecule has 1 aromatic heterocycles. The van der Waals surface area contributed by atoms with Crippen molar-refractivity contribution in [3.63, 3.8) is 0 Å². The molecule has 0 aliphatic carbocycles. The lowest BCUT2D eigenvalue weighted by Crippen LogP contribution is -2.09. The lowest BCUT2D eigenvalue weighted by molar-refractivity contribution is 0.0602. The second-order valence-corrected chi connectivity index (χ2v) is 4.95. The monoisotopic (exact) mass is 346 g/mol.